The van der Waals surface area contributed by atoms with Crippen molar-refractivity contribution in [3.05, 3.63) is 0 Å². The summed E-state index contributed by atoms with van der Waals surface area (Å²) < 4.78 is 5.48. The first-order valence-corrected chi connectivity index (χ1v) is 7.90. The largest absolute Gasteiger partial charge is 0.396 e. The molecule has 2 aliphatic rings. The molecular weight excluding hydrogens is 256 g/mol. The minimum atomic E-state index is -0.0945. The van der Waals surface area contributed by atoms with Crippen molar-refractivity contribution in [2.24, 2.45) is 11.3 Å². The fraction of sp³-hybridized carbons (Fsp3) is 0.933. The van der Waals surface area contributed by atoms with Gasteiger partial charge in [0.15, 0.2) is 0 Å². The molecule has 2 amide bonds. The molecule has 1 heterocycles. The van der Waals surface area contributed by atoms with Crippen LogP contribution in [0.5, 0.6) is 0 Å². The summed E-state index contributed by atoms with van der Waals surface area (Å²) in [4.78, 5) is 11.8. The first-order chi connectivity index (χ1) is 9.66. The van der Waals surface area contributed by atoms with Crippen LogP contribution in [-0.2, 0) is 4.74 Å². The highest BCUT2D eigenvalue weighted by atomic mass is 16.5. The predicted octanol–water partition coefficient (Wildman–Crippen LogP) is 1.65. The monoisotopic (exact) mass is 284 g/mol. The number of hydrogen-bond donors (Lipinski definition) is 3. The van der Waals surface area contributed by atoms with Crippen molar-refractivity contribution in [3.63, 3.8) is 0 Å². The summed E-state index contributed by atoms with van der Waals surface area (Å²) in [5.74, 6) is 0.458. The van der Waals surface area contributed by atoms with Gasteiger partial charge in [0.25, 0.3) is 0 Å². The summed E-state index contributed by atoms with van der Waals surface area (Å²) in [6.45, 7) is 4.54. The third-order valence-corrected chi connectivity index (χ3v) is 5.07. The summed E-state index contributed by atoms with van der Waals surface area (Å²) in [6, 6.07) is -0.0945. The number of nitrogens with one attached hydrogen (secondary N) is 2. The number of aliphatic hydroxyl groups is 1. The minimum Gasteiger partial charge on any atom is -0.396 e. The van der Waals surface area contributed by atoms with Crippen LogP contribution in [-0.4, -0.2) is 43.5 Å². The zero-order valence-electron chi connectivity index (χ0n) is 12.5. The van der Waals surface area contributed by atoms with E-state index >= 15 is 0 Å². The molecule has 0 aromatic heterocycles. The van der Waals surface area contributed by atoms with Crippen LogP contribution in [0.3, 0.4) is 0 Å². The summed E-state index contributed by atoms with van der Waals surface area (Å²) in [6.07, 6.45) is 6.67. The molecule has 0 radical (unpaired) electrons. The third kappa shape index (κ3) is 3.85. The van der Waals surface area contributed by atoms with Gasteiger partial charge in [0.05, 0.1) is 6.10 Å². The average Bonchev–Trinajstić information content (AvgIpc) is 2.88. The van der Waals surface area contributed by atoms with Crippen LogP contribution in [0, 0.1) is 11.3 Å². The van der Waals surface area contributed by atoms with Gasteiger partial charge in [-0.25, -0.2) is 4.79 Å². The van der Waals surface area contributed by atoms with Crippen LogP contribution in [0.2, 0.25) is 0 Å². The lowest BCUT2D eigenvalue weighted by Crippen LogP contribution is -2.49. The standard InChI is InChI=1S/C15H28N2O3/c1-12(5-8-18)15(6-3-7-15)11-17-14(19)16-10-13-4-2-9-20-13/h12-13,18H,2-11H2,1H3,(H2,16,17,19). The van der Waals surface area contributed by atoms with E-state index in [1.807, 2.05) is 0 Å². The van der Waals surface area contributed by atoms with Crippen molar-refractivity contribution < 1.29 is 14.6 Å². The van der Waals surface area contributed by atoms with E-state index in [9.17, 15) is 4.79 Å². The summed E-state index contributed by atoms with van der Waals surface area (Å²) in [7, 11) is 0. The van der Waals surface area contributed by atoms with Crippen LogP contribution in [0.4, 0.5) is 4.79 Å². The lowest BCUT2D eigenvalue weighted by Gasteiger charge is -2.46. The molecule has 0 spiro atoms. The van der Waals surface area contributed by atoms with Crippen molar-refractivity contribution in [3.8, 4) is 0 Å². The van der Waals surface area contributed by atoms with Crippen LogP contribution < -0.4 is 10.6 Å². The summed E-state index contributed by atoms with van der Waals surface area (Å²) in [5, 5.41) is 15.0. The molecule has 2 atom stereocenters. The molecule has 1 saturated heterocycles. The molecule has 0 bridgehead atoms. The molecule has 2 fully saturated rings. The number of hydrogen-bond acceptors (Lipinski definition) is 3. The molecule has 0 aromatic rings. The molecule has 5 nitrogen and oxygen atoms in total. The maximum Gasteiger partial charge on any atom is 0.314 e. The number of urea groups is 1. The van der Waals surface area contributed by atoms with Gasteiger partial charge in [0.1, 0.15) is 0 Å². The Morgan fingerprint density at radius 3 is 2.75 bits per heavy atom. The maximum atomic E-state index is 11.8. The molecule has 5 heteroatoms. The Kier molecular flexibility index (Phi) is 5.66. The van der Waals surface area contributed by atoms with E-state index in [4.69, 9.17) is 9.84 Å². The van der Waals surface area contributed by atoms with Gasteiger partial charge in [-0.15, -0.1) is 0 Å². The lowest BCUT2D eigenvalue weighted by molar-refractivity contribution is 0.0454. The third-order valence-electron chi connectivity index (χ3n) is 5.07. The normalized spacial score (nSPS) is 25.8. The minimum absolute atomic E-state index is 0.0945. The second-order valence-electron chi connectivity index (χ2n) is 6.33. The van der Waals surface area contributed by atoms with Crippen LogP contribution in [0.1, 0.15) is 45.4 Å². The van der Waals surface area contributed by atoms with Gasteiger partial charge < -0.3 is 20.5 Å². The highest BCUT2D eigenvalue weighted by molar-refractivity contribution is 5.73. The van der Waals surface area contributed by atoms with E-state index in [0.29, 0.717) is 19.0 Å². The van der Waals surface area contributed by atoms with E-state index in [1.165, 1.54) is 6.42 Å². The molecule has 20 heavy (non-hydrogen) atoms. The van der Waals surface area contributed by atoms with Gasteiger partial charge in [0.2, 0.25) is 0 Å². The van der Waals surface area contributed by atoms with Gasteiger partial charge >= 0.3 is 6.03 Å². The van der Waals surface area contributed by atoms with Gasteiger partial charge in [-0.1, -0.05) is 13.3 Å². The zero-order chi connectivity index (χ0) is 14.4. The fourth-order valence-electron chi connectivity index (χ4n) is 3.31. The molecule has 2 rings (SSSR count). The zero-order valence-corrected chi connectivity index (χ0v) is 12.5. The molecule has 1 aliphatic carbocycles. The number of carbonyl (C=O) groups excluding carboxylic acids is 1. The number of rotatable bonds is 7. The van der Waals surface area contributed by atoms with E-state index < -0.39 is 0 Å². The number of carbonyl (C=O) groups is 1. The number of ether oxygens (including phenoxy) is 1. The van der Waals surface area contributed by atoms with Crippen molar-refractivity contribution in [2.45, 2.75) is 51.6 Å². The molecule has 116 valence electrons. The predicted molar refractivity (Wildman–Crippen MR) is 77.5 cm³/mol. The van der Waals surface area contributed by atoms with E-state index in [0.717, 1.165) is 38.7 Å². The molecule has 3 N–H and O–H groups in total. The number of amides is 2. The van der Waals surface area contributed by atoms with Gasteiger partial charge in [-0.3, -0.25) is 0 Å². The topological polar surface area (TPSA) is 70.6 Å². The Morgan fingerprint density at radius 1 is 1.40 bits per heavy atom. The summed E-state index contributed by atoms with van der Waals surface area (Å²) >= 11 is 0. The van der Waals surface area contributed by atoms with Crippen LogP contribution in [0.25, 0.3) is 0 Å². The van der Waals surface area contributed by atoms with Gasteiger partial charge in [-0.05, 0) is 43.4 Å². The quantitative estimate of drug-likeness (QED) is 0.666. The Morgan fingerprint density at radius 2 is 2.20 bits per heavy atom. The smallest absolute Gasteiger partial charge is 0.314 e. The Hall–Kier alpha value is -0.810. The van der Waals surface area contributed by atoms with E-state index in [-0.39, 0.29) is 24.2 Å². The van der Waals surface area contributed by atoms with Gasteiger partial charge in [-0.2, -0.15) is 0 Å². The molecule has 1 aliphatic heterocycles. The maximum absolute atomic E-state index is 11.8. The highest BCUT2D eigenvalue weighted by Gasteiger charge is 2.41. The highest BCUT2D eigenvalue weighted by Crippen LogP contribution is 2.47. The number of aliphatic hydroxyl groups excluding tert-OH is 1. The van der Waals surface area contributed by atoms with Crippen LogP contribution in [0.15, 0.2) is 0 Å². The van der Waals surface area contributed by atoms with E-state index in [2.05, 4.69) is 17.6 Å². The lowest BCUT2D eigenvalue weighted by atomic mass is 9.60. The molecule has 0 aromatic carbocycles. The van der Waals surface area contributed by atoms with Gasteiger partial charge in [0, 0.05) is 26.3 Å². The van der Waals surface area contributed by atoms with Crippen molar-refractivity contribution in [1.29, 1.82) is 0 Å². The Balaban J connectivity index is 1.68. The Labute approximate surface area is 121 Å². The summed E-state index contributed by atoms with van der Waals surface area (Å²) in [5.41, 5.74) is 0.198. The van der Waals surface area contributed by atoms with Crippen LogP contribution >= 0.6 is 0 Å². The first kappa shape index (κ1) is 15.6. The van der Waals surface area contributed by atoms with Crippen molar-refractivity contribution >= 4 is 6.03 Å². The molecule has 1 saturated carbocycles. The molecular formula is C15H28N2O3. The second kappa shape index (κ2) is 7.27. The average molecular weight is 284 g/mol. The SMILES string of the molecule is CC(CCO)C1(CNC(=O)NCC2CCCO2)CCC1. The van der Waals surface area contributed by atoms with Crippen molar-refractivity contribution in [2.75, 3.05) is 26.3 Å². The fourth-order valence-corrected chi connectivity index (χ4v) is 3.31. The Bertz CT molecular complexity index is 312. The molecule has 2 unspecified atom stereocenters. The van der Waals surface area contributed by atoms with Crippen molar-refractivity contribution in [1.82, 2.24) is 10.6 Å². The second-order valence-corrected chi connectivity index (χ2v) is 6.33. The van der Waals surface area contributed by atoms with E-state index in [1.54, 1.807) is 0 Å². The first-order valence-electron chi connectivity index (χ1n) is 7.90.